The molecular weight excluding hydrogens is 522 g/mol. The molecule has 39 heavy (non-hydrogen) atoms. The summed E-state index contributed by atoms with van der Waals surface area (Å²) in [6, 6.07) is 17.1. The van der Waals surface area contributed by atoms with Crippen LogP contribution in [0.15, 0.2) is 71.6 Å². The molecule has 11 heteroatoms. The van der Waals surface area contributed by atoms with Gasteiger partial charge < -0.3 is 10.1 Å². The number of carbonyl (C=O) groups is 3. The average molecular weight is 556 g/mol. The van der Waals surface area contributed by atoms with E-state index in [1.807, 2.05) is 0 Å². The molecule has 0 aliphatic rings. The van der Waals surface area contributed by atoms with E-state index in [2.05, 4.69) is 20.4 Å². The first-order chi connectivity index (χ1) is 18.4. The number of aryl methyl sites for hydroxylation is 1. The van der Waals surface area contributed by atoms with Crippen molar-refractivity contribution >= 4 is 38.6 Å². The van der Waals surface area contributed by atoms with Gasteiger partial charge in [-0.1, -0.05) is 48.5 Å². The number of fused-ring (bicyclic) bond motifs is 1. The van der Waals surface area contributed by atoms with E-state index in [0.717, 1.165) is 10.9 Å². The monoisotopic (exact) mass is 555 g/mol. The third-order valence-electron chi connectivity index (χ3n) is 5.57. The maximum atomic E-state index is 13.4. The molecule has 0 saturated heterocycles. The third kappa shape index (κ3) is 8.60. The molecule has 3 N–H and O–H groups in total. The Morgan fingerprint density at radius 2 is 1.59 bits per heavy atom. The van der Waals surface area contributed by atoms with Gasteiger partial charge in [0.1, 0.15) is 11.6 Å². The number of benzene rings is 3. The van der Waals surface area contributed by atoms with Crippen LogP contribution in [-0.4, -0.2) is 51.5 Å². The van der Waals surface area contributed by atoms with Crippen LogP contribution >= 0.6 is 0 Å². The zero-order valence-corrected chi connectivity index (χ0v) is 23.1. The van der Waals surface area contributed by atoms with Gasteiger partial charge in [-0.2, -0.15) is 4.72 Å². The summed E-state index contributed by atoms with van der Waals surface area (Å²) in [6.45, 7) is 4.66. The quantitative estimate of drug-likeness (QED) is 0.244. The molecule has 0 fully saturated rings. The Morgan fingerprint density at radius 1 is 0.923 bits per heavy atom. The van der Waals surface area contributed by atoms with Crippen LogP contribution in [0.1, 0.15) is 43.1 Å². The van der Waals surface area contributed by atoms with Crippen molar-refractivity contribution < 1.29 is 32.4 Å². The van der Waals surface area contributed by atoms with Gasteiger partial charge in [-0.3, -0.25) is 19.2 Å². The van der Waals surface area contributed by atoms with Gasteiger partial charge in [-0.25, -0.2) is 13.9 Å². The number of sulfonamides is 1. The molecule has 0 aliphatic heterocycles. The van der Waals surface area contributed by atoms with Crippen molar-refractivity contribution in [2.45, 2.75) is 50.2 Å². The summed E-state index contributed by atoms with van der Waals surface area (Å²) in [7, 11) is -2.81. The molecule has 3 rings (SSSR count). The van der Waals surface area contributed by atoms with Crippen LogP contribution < -0.4 is 15.5 Å². The SMILES string of the molecule is CONC(=O)CCc1ccc(C(=O)NC[C@H](NS(=O)(=O)c2cccc3ccccc23)C(=O)OC(C)(C)C)cc1. The largest absolute Gasteiger partial charge is 0.459 e. The maximum absolute atomic E-state index is 13.4. The van der Waals surface area contributed by atoms with Crippen molar-refractivity contribution in [2.75, 3.05) is 13.7 Å². The van der Waals surface area contributed by atoms with Crippen LogP contribution in [0.2, 0.25) is 0 Å². The Hall–Kier alpha value is -3.80. The summed E-state index contributed by atoms with van der Waals surface area (Å²) >= 11 is 0. The van der Waals surface area contributed by atoms with Gasteiger partial charge in [-0.15, -0.1) is 0 Å². The number of hydroxylamine groups is 1. The second kappa shape index (κ2) is 12.8. The fourth-order valence-electron chi connectivity index (χ4n) is 3.77. The molecule has 0 aliphatic carbocycles. The van der Waals surface area contributed by atoms with Crippen LogP contribution in [-0.2, 0) is 35.6 Å². The van der Waals surface area contributed by atoms with Crippen LogP contribution in [0.25, 0.3) is 10.8 Å². The predicted octanol–water partition coefficient (Wildman–Crippen LogP) is 2.87. The van der Waals surface area contributed by atoms with Gasteiger partial charge in [-0.05, 0) is 56.3 Å². The van der Waals surface area contributed by atoms with E-state index in [9.17, 15) is 22.8 Å². The molecule has 3 aromatic carbocycles. The lowest BCUT2D eigenvalue weighted by Gasteiger charge is -2.25. The lowest BCUT2D eigenvalue weighted by Crippen LogP contribution is -2.50. The van der Waals surface area contributed by atoms with Crippen molar-refractivity contribution in [3.05, 3.63) is 77.9 Å². The summed E-state index contributed by atoms with van der Waals surface area (Å²) in [5.41, 5.74) is 2.51. The highest BCUT2D eigenvalue weighted by molar-refractivity contribution is 7.89. The first-order valence-electron chi connectivity index (χ1n) is 12.3. The van der Waals surface area contributed by atoms with Gasteiger partial charge in [0.2, 0.25) is 15.9 Å². The Labute approximate surface area is 228 Å². The topological polar surface area (TPSA) is 140 Å². The first kappa shape index (κ1) is 29.8. The highest BCUT2D eigenvalue weighted by Gasteiger charge is 2.31. The van der Waals surface area contributed by atoms with Gasteiger partial charge >= 0.3 is 5.97 Å². The summed E-state index contributed by atoms with van der Waals surface area (Å²) in [5.74, 6) is -1.59. The van der Waals surface area contributed by atoms with Crippen molar-refractivity contribution in [1.82, 2.24) is 15.5 Å². The Kier molecular flexibility index (Phi) is 9.79. The molecule has 1 atom stereocenters. The number of amides is 2. The van der Waals surface area contributed by atoms with Crippen LogP contribution in [0, 0.1) is 0 Å². The van der Waals surface area contributed by atoms with E-state index in [4.69, 9.17) is 4.74 Å². The van der Waals surface area contributed by atoms with Crippen molar-refractivity contribution in [3.8, 4) is 0 Å². The second-order valence-electron chi connectivity index (χ2n) is 9.82. The minimum absolute atomic E-state index is 0.00950. The molecule has 3 aromatic rings. The van der Waals surface area contributed by atoms with Gasteiger partial charge in [0.25, 0.3) is 5.91 Å². The Balaban J connectivity index is 1.74. The fraction of sp³-hybridized carbons (Fsp3) is 0.321. The van der Waals surface area contributed by atoms with E-state index in [-0.39, 0.29) is 23.8 Å². The molecule has 0 spiro atoms. The summed E-state index contributed by atoms with van der Waals surface area (Å²) in [4.78, 5) is 41.9. The summed E-state index contributed by atoms with van der Waals surface area (Å²) < 4.78 is 34.6. The lowest BCUT2D eigenvalue weighted by atomic mass is 10.1. The van der Waals surface area contributed by atoms with E-state index in [0.29, 0.717) is 17.4 Å². The molecule has 0 radical (unpaired) electrons. The van der Waals surface area contributed by atoms with E-state index >= 15 is 0 Å². The Morgan fingerprint density at radius 3 is 2.26 bits per heavy atom. The average Bonchev–Trinajstić information content (AvgIpc) is 2.88. The highest BCUT2D eigenvalue weighted by atomic mass is 32.2. The van der Waals surface area contributed by atoms with E-state index in [1.165, 1.54) is 13.2 Å². The van der Waals surface area contributed by atoms with Crippen LogP contribution in [0.4, 0.5) is 0 Å². The zero-order valence-electron chi connectivity index (χ0n) is 22.3. The van der Waals surface area contributed by atoms with Crippen LogP contribution in [0.5, 0.6) is 0 Å². The Bertz CT molecular complexity index is 1430. The third-order valence-corrected chi connectivity index (χ3v) is 7.10. The number of carbonyl (C=O) groups excluding carboxylic acids is 3. The smallest absolute Gasteiger partial charge is 0.326 e. The molecule has 0 bridgehead atoms. The summed E-state index contributed by atoms with van der Waals surface area (Å²) in [6.07, 6.45) is 0.668. The number of nitrogens with one attached hydrogen (secondary N) is 3. The minimum atomic E-state index is -4.17. The zero-order chi connectivity index (χ0) is 28.6. The molecule has 10 nitrogen and oxygen atoms in total. The van der Waals surface area contributed by atoms with Gasteiger partial charge in [0, 0.05) is 23.9 Å². The van der Waals surface area contributed by atoms with E-state index in [1.54, 1.807) is 81.4 Å². The molecule has 2 amide bonds. The van der Waals surface area contributed by atoms with E-state index < -0.39 is 33.5 Å². The van der Waals surface area contributed by atoms with Gasteiger partial charge in [0.05, 0.1) is 12.0 Å². The maximum Gasteiger partial charge on any atom is 0.326 e. The minimum Gasteiger partial charge on any atom is -0.459 e. The molecule has 0 aromatic heterocycles. The van der Waals surface area contributed by atoms with Crippen molar-refractivity contribution in [3.63, 3.8) is 0 Å². The first-order valence-corrected chi connectivity index (χ1v) is 13.8. The summed E-state index contributed by atoms with van der Waals surface area (Å²) in [5, 5.41) is 3.84. The molecule has 0 heterocycles. The van der Waals surface area contributed by atoms with Gasteiger partial charge in [0.15, 0.2) is 0 Å². The predicted molar refractivity (Wildman–Crippen MR) is 146 cm³/mol. The molecule has 0 unspecified atom stereocenters. The number of esters is 1. The standard InChI is InChI=1S/C28H33N3O7S/c1-28(2,3)38-27(34)23(31-39(35,36)24-11-7-9-20-8-5-6-10-22(20)24)18-29-26(33)21-15-12-19(13-16-21)14-17-25(32)30-37-4/h5-13,15-16,23,31H,14,17-18H2,1-4H3,(H,29,33)(H,30,32)/t23-/m0/s1. The molecule has 208 valence electrons. The molecular formula is C28H33N3O7S. The number of ether oxygens (including phenoxy) is 1. The number of hydrogen-bond donors (Lipinski definition) is 3. The molecule has 0 saturated carbocycles. The van der Waals surface area contributed by atoms with Crippen molar-refractivity contribution in [2.24, 2.45) is 0 Å². The fourth-order valence-corrected chi connectivity index (χ4v) is 5.18. The highest BCUT2D eigenvalue weighted by Crippen LogP contribution is 2.23. The normalized spacial score (nSPS) is 12.5. The van der Waals surface area contributed by atoms with Crippen molar-refractivity contribution in [1.29, 1.82) is 0 Å². The second-order valence-corrected chi connectivity index (χ2v) is 11.5. The number of rotatable bonds is 11. The van der Waals surface area contributed by atoms with Crippen LogP contribution in [0.3, 0.4) is 0 Å². The number of hydrogen-bond acceptors (Lipinski definition) is 7. The lowest BCUT2D eigenvalue weighted by molar-refractivity contribution is -0.156.